The van der Waals surface area contributed by atoms with Crippen LogP contribution in [-0.4, -0.2) is 0 Å². The standard InChI is InChI=1S/C55H58/c1-7-9-11-13-19-41-29-38(4)31-44(34-41)55(45-32-39(5)30-42(35-45)20-14-12-10-8-2)52-33-37(3)25-27-48(52)49-28-26-43(36-53(49)55)54-50-23-17-15-21-46(50)40(6)47-22-16-18-24-51(47)54/h15-18,21-36H,7-14,19-20H2,1-6H3. The molecule has 0 heteroatoms. The molecule has 0 N–H and O–H groups in total. The first kappa shape index (κ1) is 37.0. The summed E-state index contributed by atoms with van der Waals surface area (Å²) in [5.74, 6) is 0. The van der Waals surface area contributed by atoms with Crippen LogP contribution in [0.1, 0.15) is 121 Å². The third-order valence-corrected chi connectivity index (χ3v) is 12.6. The first-order valence-corrected chi connectivity index (χ1v) is 21.2. The molecule has 0 atom stereocenters. The molecule has 0 amide bonds. The minimum Gasteiger partial charge on any atom is -0.0654 e. The number of unbranched alkanes of at least 4 members (excludes halogenated alkanes) is 6. The fourth-order valence-electron chi connectivity index (χ4n) is 10.00. The van der Waals surface area contributed by atoms with E-state index in [1.807, 2.05) is 0 Å². The highest BCUT2D eigenvalue weighted by atomic mass is 14.5. The topological polar surface area (TPSA) is 0 Å². The Balaban J connectivity index is 1.44. The summed E-state index contributed by atoms with van der Waals surface area (Å²) in [6, 6.07) is 47.9. The first-order chi connectivity index (χ1) is 26.8. The van der Waals surface area contributed by atoms with Crippen molar-refractivity contribution < 1.29 is 0 Å². The smallest absolute Gasteiger partial charge is 0.0654 e. The summed E-state index contributed by atoms with van der Waals surface area (Å²) < 4.78 is 0. The van der Waals surface area contributed by atoms with Gasteiger partial charge in [0.25, 0.3) is 0 Å². The lowest BCUT2D eigenvalue weighted by molar-refractivity contribution is 0.663. The van der Waals surface area contributed by atoms with Crippen molar-refractivity contribution in [3.8, 4) is 22.3 Å². The Labute approximate surface area is 330 Å². The first-order valence-electron chi connectivity index (χ1n) is 21.2. The van der Waals surface area contributed by atoms with Crippen LogP contribution in [0.25, 0.3) is 43.8 Å². The van der Waals surface area contributed by atoms with Crippen LogP contribution in [0, 0.1) is 27.7 Å². The van der Waals surface area contributed by atoms with E-state index in [1.165, 1.54) is 151 Å². The molecule has 7 aromatic rings. The van der Waals surface area contributed by atoms with Crippen molar-refractivity contribution in [1.29, 1.82) is 0 Å². The number of fused-ring (bicyclic) bond motifs is 5. The molecule has 8 rings (SSSR count). The van der Waals surface area contributed by atoms with Gasteiger partial charge >= 0.3 is 0 Å². The largest absolute Gasteiger partial charge is 0.0714 e. The molecule has 0 nitrogen and oxygen atoms in total. The number of aryl methyl sites for hydroxylation is 6. The maximum Gasteiger partial charge on any atom is 0.0714 e. The number of rotatable bonds is 13. The molecule has 0 bridgehead atoms. The van der Waals surface area contributed by atoms with Gasteiger partial charge in [0.1, 0.15) is 0 Å². The third-order valence-electron chi connectivity index (χ3n) is 12.6. The molecular weight excluding hydrogens is 661 g/mol. The van der Waals surface area contributed by atoms with Crippen LogP contribution in [0.3, 0.4) is 0 Å². The van der Waals surface area contributed by atoms with Gasteiger partial charge in [0.2, 0.25) is 0 Å². The van der Waals surface area contributed by atoms with E-state index in [2.05, 4.69) is 163 Å². The summed E-state index contributed by atoms with van der Waals surface area (Å²) in [5.41, 5.74) is 18.8. The Morgan fingerprint density at radius 2 is 0.909 bits per heavy atom. The Hall–Kier alpha value is -4.94. The van der Waals surface area contributed by atoms with Crippen LogP contribution < -0.4 is 0 Å². The van der Waals surface area contributed by atoms with E-state index < -0.39 is 5.41 Å². The van der Waals surface area contributed by atoms with Gasteiger partial charge in [-0.1, -0.05) is 184 Å². The van der Waals surface area contributed by atoms with Gasteiger partial charge in [-0.05, 0) is 142 Å². The highest BCUT2D eigenvalue weighted by molar-refractivity contribution is 6.15. The number of hydrogen-bond donors (Lipinski definition) is 0. The second-order valence-corrected chi connectivity index (χ2v) is 16.7. The molecule has 0 radical (unpaired) electrons. The Morgan fingerprint density at radius 1 is 0.418 bits per heavy atom. The van der Waals surface area contributed by atoms with E-state index in [9.17, 15) is 0 Å². The quantitative estimate of drug-likeness (QED) is 0.0822. The summed E-state index contributed by atoms with van der Waals surface area (Å²) in [6.07, 6.45) is 12.4. The second-order valence-electron chi connectivity index (χ2n) is 16.7. The molecule has 0 aromatic heterocycles. The highest BCUT2D eigenvalue weighted by Gasteiger charge is 2.47. The fourth-order valence-corrected chi connectivity index (χ4v) is 10.00. The predicted octanol–water partition coefficient (Wildman–Crippen LogP) is 15.5. The summed E-state index contributed by atoms with van der Waals surface area (Å²) in [6.45, 7) is 13.8. The molecule has 7 aromatic carbocycles. The lowest BCUT2D eigenvalue weighted by atomic mass is 9.66. The molecule has 0 heterocycles. The van der Waals surface area contributed by atoms with Crippen LogP contribution in [0.5, 0.6) is 0 Å². The van der Waals surface area contributed by atoms with Crippen molar-refractivity contribution in [3.63, 3.8) is 0 Å². The number of benzene rings is 7. The molecule has 0 saturated heterocycles. The van der Waals surface area contributed by atoms with Gasteiger partial charge in [-0.3, -0.25) is 0 Å². The zero-order valence-electron chi connectivity index (χ0n) is 34.1. The van der Waals surface area contributed by atoms with Gasteiger partial charge in [0.15, 0.2) is 0 Å². The summed E-state index contributed by atoms with van der Waals surface area (Å²) in [5, 5.41) is 5.32. The van der Waals surface area contributed by atoms with E-state index in [4.69, 9.17) is 0 Å². The normalized spacial score (nSPS) is 13.1. The lowest BCUT2D eigenvalue weighted by Crippen LogP contribution is -2.29. The Kier molecular flexibility index (Phi) is 10.5. The molecular formula is C55H58. The molecule has 55 heavy (non-hydrogen) atoms. The van der Waals surface area contributed by atoms with Gasteiger partial charge in [-0.25, -0.2) is 0 Å². The molecule has 1 aliphatic rings. The van der Waals surface area contributed by atoms with Crippen LogP contribution in [0.2, 0.25) is 0 Å². The van der Waals surface area contributed by atoms with Gasteiger partial charge in [-0.2, -0.15) is 0 Å². The molecule has 0 fully saturated rings. The van der Waals surface area contributed by atoms with Crippen molar-refractivity contribution in [2.75, 3.05) is 0 Å². The zero-order valence-corrected chi connectivity index (χ0v) is 34.1. The van der Waals surface area contributed by atoms with Crippen molar-refractivity contribution >= 4 is 21.5 Å². The molecule has 278 valence electrons. The molecule has 0 saturated carbocycles. The predicted molar refractivity (Wildman–Crippen MR) is 239 cm³/mol. The van der Waals surface area contributed by atoms with Gasteiger partial charge in [-0.15, -0.1) is 0 Å². The molecule has 1 aliphatic carbocycles. The van der Waals surface area contributed by atoms with Gasteiger partial charge < -0.3 is 0 Å². The van der Waals surface area contributed by atoms with Gasteiger partial charge in [0, 0.05) is 0 Å². The van der Waals surface area contributed by atoms with Crippen LogP contribution in [0.15, 0.2) is 121 Å². The zero-order chi connectivity index (χ0) is 38.1. The van der Waals surface area contributed by atoms with Crippen LogP contribution in [0.4, 0.5) is 0 Å². The van der Waals surface area contributed by atoms with E-state index in [-0.39, 0.29) is 0 Å². The minimum absolute atomic E-state index is 0.461. The fraction of sp³-hybridized carbons (Fsp3) is 0.309. The van der Waals surface area contributed by atoms with Crippen LogP contribution >= 0.6 is 0 Å². The van der Waals surface area contributed by atoms with E-state index in [0.717, 1.165) is 12.8 Å². The maximum absolute atomic E-state index is 2.60. The Bertz CT molecular complexity index is 2390. The summed E-state index contributed by atoms with van der Waals surface area (Å²) >= 11 is 0. The molecule has 0 unspecified atom stereocenters. The van der Waals surface area contributed by atoms with Crippen molar-refractivity contribution in [1.82, 2.24) is 0 Å². The van der Waals surface area contributed by atoms with E-state index in [0.29, 0.717) is 0 Å². The molecule has 0 aliphatic heterocycles. The lowest BCUT2D eigenvalue weighted by Gasteiger charge is -2.35. The van der Waals surface area contributed by atoms with Gasteiger partial charge in [0.05, 0.1) is 5.41 Å². The van der Waals surface area contributed by atoms with Crippen LogP contribution in [-0.2, 0) is 18.3 Å². The third kappa shape index (κ3) is 6.73. The SMILES string of the molecule is CCCCCCc1cc(C)cc(C2(c3cc(C)cc(CCCCCC)c3)c3cc(C)ccc3-c3ccc(-c4c5ccccc5c(C)c5ccccc45)cc32)c1. The summed E-state index contributed by atoms with van der Waals surface area (Å²) in [4.78, 5) is 0. The van der Waals surface area contributed by atoms with E-state index in [1.54, 1.807) is 0 Å². The Morgan fingerprint density at radius 3 is 1.44 bits per heavy atom. The van der Waals surface area contributed by atoms with Crippen molar-refractivity contribution in [2.24, 2.45) is 0 Å². The summed E-state index contributed by atoms with van der Waals surface area (Å²) in [7, 11) is 0. The average Bonchev–Trinajstić information content (AvgIpc) is 3.47. The minimum atomic E-state index is -0.461. The number of hydrogen-bond acceptors (Lipinski definition) is 0. The molecule has 0 spiro atoms. The highest BCUT2D eigenvalue weighted by Crippen LogP contribution is 2.58. The van der Waals surface area contributed by atoms with Crippen molar-refractivity contribution in [2.45, 2.75) is 111 Å². The second kappa shape index (κ2) is 15.7. The van der Waals surface area contributed by atoms with E-state index >= 15 is 0 Å². The monoisotopic (exact) mass is 718 g/mol. The van der Waals surface area contributed by atoms with Crippen molar-refractivity contribution in [3.05, 3.63) is 177 Å². The maximum atomic E-state index is 2.60. The average molecular weight is 719 g/mol.